The molecule has 12 heteroatoms. The topological polar surface area (TPSA) is 170 Å². The molecule has 0 spiro atoms. The van der Waals surface area contributed by atoms with Crippen LogP contribution in [0.25, 0.3) is 0 Å². The van der Waals surface area contributed by atoms with Gasteiger partial charge in [0.05, 0.1) is 0 Å². The maximum absolute atomic E-state index is 12.6. The summed E-state index contributed by atoms with van der Waals surface area (Å²) >= 11 is 0. The van der Waals surface area contributed by atoms with Crippen LogP contribution in [0.5, 0.6) is 11.5 Å². The molecule has 0 amide bonds. The van der Waals surface area contributed by atoms with Gasteiger partial charge in [0.2, 0.25) is 0 Å². The fourth-order valence-corrected chi connectivity index (χ4v) is 3.40. The smallest absolute Gasteiger partial charge is 0.480 e. The minimum Gasteiger partial charge on any atom is -0.480 e. The minimum atomic E-state index is -1.93. The molecule has 0 saturated carbocycles. The molecule has 244 valence electrons. The van der Waals surface area contributed by atoms with E-state index in [1.807, 2.05) is 27.7 Å². The second-order valence-electron chi connectivity index (χ2n) is 12.4. The predicted molar refractivity (Wildman–Crippen MR) is 158 cm³/mol. The fraction of sp³-hybridized carbons (Fsp3) is 0.677. The van der Waals surface area contributed by atoms with E-state index >= 15 is 0 Å². The van der Waals surface area contributed by atoms with E-state index in [2.05, 4.69) is 0 Å². The molecule has 0 aliphatic heterocycles. The summed E-state index contributed by atoms with van der Waals surface area (Å²) in [5, 5.41) is 10.2. The van der Waals surface area contributed by atoms with Crippen LogP contribution < -0.4 is 15.2 Å². The van der Waals surface area contributed by atoms with Gasteiger partial charge in [-0.3, -0.25) is 4.79 Å². The Hall–Kier alpha value is -3.54. The molecular weight excluding hydrogens is 562 g/mol. The van der Waals surface area contributed by atoms with Crippen molar-refractivity contribution in [2.45, 2.75) is 124 Å². The SMILES string of the molecule is CCC(C)(C)OC(=O)Oc1ccc(C[C@](N)(C(=O)O)[C@H](C)[C@H](C)OC(=O)OC(C)C(C)C)cc1OC(=O)OC(C)(C)CC. The molecule has 1 aromatic carbocycles. The zero-order valence-corrected chi connectivity index (χ0v) is 27.3. The second kappa shape index (κ2) is 15.3. The summed E-state index contributed by atoms with van der Waals surface area (Å²) in [5.74, 6) is -2.56. The van der Waals surface area contributed by atoms with Crippen molar-refractivity contribution in [3.63, 3.8) is 0 Å². The molecule has 0 aliphatic carbocycles. The first kappa shape index (κ1) is 37.5. The Bertz CT molecular complexity index is 1130. The van der Waals surface area contributed by atoms with Crippen LogP contribution in [-0.4, -0.2) is 58.5 Å². The molecule has 12 nitrogen and oxygen atoms in total. The number of carbonyl (C=O) groups is 4. The van der Waals surface area contributed by atoms with Crippen LogP contribution in [0.15, 0.2) is 18.2 Å². The lowest BCUT2D eigenvalue weighted by Crippen LogP contribution is -2.58. The lowest BCUT2D eigenvalue weighted by atomic mass is 9.78. The van der Waals surface area contributed by atoms with Crippen LogP contribution in [0, 0.1) is 11.8 Å². The third kappa shape index (κ3) is 11.6. The highest BCUT2D eigenvalue weighted by Gasteiger charge is 2.44. The van der Waals surface area contributed by atoms with E-state index in [-0.39, 0.29) is 23.8 Å². The Morgan fingerprint density at radius 1 is 0.767 bits per heavy atom. The first-order valence-electron chi connectivity index (χ1n) is 14.5. The van der Waals surface area contributed by atoms with Gasteiger partial charge in [-0.2, -0.15) is 0 Å². The molecule has 0 aromatic heterocycles. The third-order valence-electron chi connectivity index (χ3n) is 7.73. The molecule has 3 N–H and O–H groups in total. The van der Waals surface area contributed by atoms with Crippen molar-refractivity contribution in [1.82, 2.24) is 0 Å². The van der Waals surface area contributed by atoms with Gasteiger partial charge in [-0.25, -0.2) is 14.4 Å². The van der Waals surface area contributed by atoms with Gasteiger partial charge in [-0.05, 0) is 78.0 Å². The summed E-state index contributed by atoms with van der Waals surface area (Å²) in [6.45, 7) is 19.0. The van der Waals surface area contributed by atoms with E-state index in [0.717, 1.165) is 0 Å². The van der Waals surface area contributed by atoms with Crippen LogP contribution >= 0.6 is 0 Å². The van der Waals surface area contributed by atoms with Crippen LogP contribution in [0.4, 0.5) is 14.4 Å². The van der Waals surface area contributed by atoms with Gasteiger partial charge in [0.15, 0.2) is 11.5 Å². The minimum absolute atomic E-state index is 0.0570. The van der Waals surface area contributed by atoms with Gasteiger partial charge in [0, 0.05) is 12.3 Å². The molecule has 0 radical (unpaired) electrons. The van der Waals surface area contributed by atoms with Crippen LogP contribution in [0.2, 0.25) is 0 Å². The molecule has 4 atom stereocenters. The molecular formula is C31H49NO11. The molecule has 1 rings (SSSR count). The van der Waals surface area contributed by atoms with Crippen LogP contribution in [0.3, 0.4) is 0 Å². The first-order chi connectivity index (χ1) is 19.7. The molecule has 1 aromatic rings. The van der Waals surface area contributed by atoms with Crippen molar-refractivity contribution >= 4 is 24.4 Å². The maximum atomic E-state index is 12.6. The quantitative estimate of drug-likeness (QED) is 0.131. The Morgan fingerprint density at radius 2 is 1.23 bits per heavy atom. The fourth-order valence-electron chi connectivity index (χ4n) is 3.40. The number of benzene rings is 1. The summed E-state index contributed by atoms with van der Waals surface area (Å²) in [5.41, 5.74) is 3.18. The average Bonchev–Trinajstić information content (AvgIpc) is 2.88. The van der Waals surface area contributed by atoms with E-state index in [1.54, 1.807) is 41.5 Å². The number of hydrogen-bond donors (Lipinski definition) is 2. The maximum Gasteiger partial charge on any atom is 0.514 e. The molecule has 43 heavy (non-hydrogen) atoms. The molecule has 0 aliphatic rings. The zero-order valence-electron chi connectivity index (χ0n) is 27.3. The summed E-state index contributed by atoms with van der Waals surface area (Å²) in [7, 11) is 0. The van der Waals surface area contributed by atoms with Gasteiger partial charge in [0.1, 0.15) is 28.9 Å². The number of carbonyl (C=O) groups excluding carboxylic acids is 3. The van der Waals surface area contributed by atoms with Crippen molar-refractivity contribution in [3.8, 4) is 11.5 Å². The highest BCUT2D eigenvalue weighted by atomic mass is 16.8. The number of rotatable bonds is 14. The summed E-state index contributed by atoms with van der Waals surface area (Å²) in [6, 6.07) is 4.14. The van der Waals surface area contributed by atoms with Crippen LogP contribution in [-0.2, 0) is 30.2 Å². The van der Waals surface area contributed by atoms with Crippen molar-refractivity contribution in [2.75, 3.05) is 0 Å². The standard InChI is InChI=1S/C31H49NO11/c1-12-29(8,9)42-27(36)40-23-15-14-22(16-24(23)41-28(37)43-30(10,11)13-2)17-31(32,25(33)34)19(5)21(7)39-26(35)38-20(6)18(3)4/h14-16,18-21H,12-13,17,32H2,1-11H3,(H,33,34)/t19-,20?,21+,31-/m1/s1. The average molecular weight is 612 g/mol. The Morgan fingerprint density at radius 3 is 1.67 bits per heavy atom. The van der Waals surface area contributed by atoms with E-state index < -0.39 is 59.3 Å². The Kier molecular flexibility index (Phi) is 13.3. The monoisotopic (exact) mass is 611 g/mol. The Balaban J connectivity index is 3.34. The number of hydrogen-bond acceptors (Lipinski definition) is 11. The molecule has 0 heterocycles. The number of aliphatic carboxylic acids is 1. The van der Waals surface area contributed by atoms with Crippen LogP contribution in [0.1, 0.15) is 94.6 Å². The zero-order chi connectivity index (χ0) is 33.3. The van der Waals surface area contributed by atoms with Gasteiger partial charge in [-0.1, -0.05) is 40.7 Å². The Labute approximate surface area is 254 Å². The third-order valence-corrected chi connectivity index (χ3v) is 7.73. The summed E-state index contributed by atoms with van der Waals surface area (Å²) < 4.78 is 32.0. The van der Waals surface area contributed by atoms with Gasteiger partial charge in [0.25, 0.3) is 0 Å². The number of ether oxygens (including phenoxy) is 6. The predicted octanol–water partition coefficient (Wildman–Crippen LogP) is 6.64. The number of carboxylic acids is 1. The second-order valence-corrected chi connectivity index (χ2v) is 12.4. The lowest BCUT2D eigenvalue weighted by molar-refractivity contribution is -0.147. The lowest BCUT2D eigenvalue weighted by Gasteiger charge is -2.35. The van der Waals surface area contributed by atoms with Crippen molar-refractivity contribution in [3.05, 3.63) is 23.8 Å². The van der Waals surface area contributed by atoms with Gasteiger partial charge in [-0.15, -0.1) is 0 Å². The summed E-state index contributed by atoms with van der Waals surface area (Å²) in [4.78, 5) is 49.9. The molecule has 0 saturated heterocycles. The number of nitrogens with two attached hydrogens (primary N) is 1. The van der Waals surface area contributed by atoms with Crippen molar-refractivity contribution in [1.29, 1.82) is 0 Å². The van der Waals surface area contributed by atoms with E-state index in [9.17, 15) is 24.3 Å². The van der Waals surface area contributed by atoms with E-state index in [1.165, 1.54) is 25.1 Å². The van der Waals surface area contributed by atoms with Gasteiger partial charge >= 0.3 is 24.4 Å². The van der Waals surface area contributed by atoms with Crippen molar-refractivity contribution in [2.24, 2.45) is 17.6 Å². The molecule has 0 bridgehead atoms. The molecule has 1 unspecified atom stereocenters. The highest BCUT2D eigenvalue weighted by Crippen LogP contribution is 2.33. The number of carboxylic acid groups (broad SMARTS) is 1. The van der Waals surface area contributed by atoms with Gasteiger partial charge < -0.3 is 39.3 Å². The largest absolute Gasteiger partial charge is 0.514 e. The summed E-state index contributed by atoms with van der Waals surface area (Å²) in [6.07, 6.45) is -3.61. The van der Waals surface area contributed by atoms with E-state index in [0.29, 0.717) is 18.4 Å². The molecule has 0 fully saturated rings. The van der Waals surface area contributed by atoms with Crippen molar-refractivity contribution < 1.29 is 52.7 Å². The normalized spacial score (nSPS) is 15.4. The highest BCUT2D eigenvalue weighted by molar-refractivity contribution is 5.80. The first-order valence-corrected chi connectivity index (χ1v) is 14.5. The van der Waals surface area contributed by atoms with E-state index in [4.69, 9.17) is 34.2 Å².